The summed E-state index contributed by atoms with van der Waals surface area (Å²) >= 11 is 3.26. The van der Waals surface area contributed by atoms with E-state index in [2.05, 4.69) is 28.5 Å². The fourth-order valence-electron chi connectivity index (χ4n) is 3.12. The Balaban J connectivity index is 1.33. The summed E-state index contributed by atoms with van der Waals surface area (Å²) in [6, 6.07) is 16.3. The molecule has 0 aliphatic heterocycles. The van der Waals surface area contributed by atoms with E-state index in [-0.39, 0.29) is 5.91 Å². The molecule has 0 saturated carbocycles. The molecule has 0 spiro atoms. The molecule has 0 radical (unpaired) electrons. The zero-order valence-corrected chi connectivity index (χ0v) is 16.7. The van der Waals surface area contributed by atoms with E-state index >= 15 is 0 Å². The first-order chi connectivity index (χ1) is 13.2. The highest BCUT2D eigenvalue weighted by molar-refractivity contribution is 7.99. The van der Waals surface area contributed by atoms with Crippen molar-refractivity contribution in [3.05, 3.63) is 59.0 Å². The Morgan fingerprint density at radius 2 is 2.00 bits per heavy atom. The van der Waals surface area contributed by atoms with Crippen LogP contribution < -0.4 is 10.1 Å². The van der Waals surface area contributed by atoms with Gasteiger partial charge in [-0.25, -0.2) is 4.98 Å². The molecule has 0 atom stereocenters. The maximum absolute atomic E-state index is 12.3. The third-order valence-corrected chi connectivity index (χ3v) is 6.54. The van der Waals surface area contributed by atoms with Crippen molar-refractivity contribution in [1.82, 2.24) is 4.98 Å². The van der Waals surface area contributed by atoms with E-state index in [1.807, 2.05) is 30.3 Å². The van der Waals surface area contributed by atoms with Crippen molar-refractivity contribution in [2.24, 2.45) is 0 Å². The normalized spacial score (nSPS) is 12.2. The van der Waals surface area contributed by atoms with Crippen molar-refractivity contribution in [3.63, 3.8) is 0 Å². The maximum atomic E-state index is 12.3. The van der Waals surface area contributed by atoms with Gasteiger partial charge in [0.1, 0.15) is 5.75 Å². The number of hydrogen-bond donors (Lipinski definition) is 1. The van der Waals surface area contributed by atoms with Crippen LogP contribution in [-0.4, -0.2) is 23.8 Å². The van der Waals surface area contributed by atoms with Gasteiger partial charge in [0.05, 0.1) is 12.8 Å². The van der Waals surface area contributed by atoms with Gasteiger partial charge in [0, 0.05) is 27.5 Å². The maximum Gasteiger partial charge on any atom is 0.226 e. The average Bonchev–Trinajstić information content (AvgIpc) is 3.11. The Bertz CT molecular complexity index is 951. The van der Waals surface area contributed by atoms with Gasteiger partial charge < -0.3 is 10.1 Å². The summed E-state index contributed by atoms with van der Waals surface area (Å²) < 4.78 is 5.16. The number of carbonyl (C=O) groups is 1. The number of hydrogen-bond acceptors (Lipinski definition) is 5. The molecule has 0 saturated heterocycles. The monoisotopic (exact) mass is 396 g/mol. The number of anilines is 1. The molecule has 1 N–H and O–H groups in total. The van der Waals surface area contributed by atoms with Gasteiger partial charge in [-0.05, 0) is 42.7 Å². The average molecular weight is 397 g/mol. The van der Waals surface area contributed by atoms with Crippen LogP contribution in [0, 0.1) is 0 Å². The van der Waals surface area contributed by atoms with Crippen molar-refractivity contribution >= 4 is 34.1 Å². The fraction of sp³-hybridized carbons (Fsp3) is 0.238. The van der Waals surface area contributed by atoms with Gasteiger partial charge in [0.15, 0.2) is 5.13 Å². The number of aromatic nitrogens is 1. The number of benzene rings is 2. The largest absolute Gasteiger partial charge is 0.497 e. The first-order valence-corrected chi connectivity index (χ1v) is 10.7. The number of amides is 1. The first-order valence-electron chi connectivity index (χ1n) is 8.87. The minimum atomic E-state index is 0.00962. The van der Waals surface area contributed by atoms with Gasteiger partial charge in [0.25, 0.3) is 0 Å². The Morgan fingerprint density at radius 1 is 1.19 bits per heavy atom. The number of thiazole rings is 1. The molecule has 1 heterocycles. The van der Waals surface area contributed by atoms with Crippen LogP contribution in [-0.2, 0) is 17.6 Å². The molecule has 0 fully saturated rings. The van der Waals surface area contributed by atoms with E-state index in [1.165, 1.54) is 16.0 Å². The van der Waals surface area contributed by atoms with E-state index < -0.39 is 0 Å². The van der Waals surface area contributed by atoms with Gasteiger partial charge in [-0.15, -0.1) is 23.1 Å². The molecular formula is C21H20N2O2S2. The Morgan fingerprint density at radius 3 is 2.81 bits per heavy atom. The van der Waals surface area contributed by atoms with E-state index in [0.29, 0.717) is 11.6 Å². The molecule has 1 aliphatic carbocycles. The molecule has 2 aromatic carbocycles. The highest BCUT2D eigenvalue weighted by atomic mass is 32.2. The molecule has 0 bridgehead atoms. The zero-order valence-electron chi connectivity index (χ0n) is 15.0. The summed E-state index contributed by atoms with van der Waals surface area (Å²) in [6.07, 6.45) is 2.49. The van der Waals surface area contributed by atoms with Crippen molar-refractivity contribution < 1.29 is 9.53 Å². The number of thioether (sulfide) groups is 1. The topological polar surface area (TPSA) is 51.2 Å². The van der Waals surface area contributed by atoms with Crippen LogP contribution in [0.5, 0.6) is 5.75 Å². The van der Waals surface area contributed by atoms with Crippen LogP contribution in [0.4, 0.5) is 5.13 Å². The number of aryl methyl sites for hydroxylation is 2. The van der Waals surface area contributed by atoms with Crippen LogP contribution in [0.3, 0.4) is 0 Å². The van der Waals surface area contributed by atoms with Gasteiger partial charge in [-0.2, -0.15) is 0 Å². The molecule has 1 amide bonds. The predicted molar refractivity (Wildman–Crippen MR) is 112 cm³/mol. The summed E-state index contributed by atoms with van der Waals surface area (Å²) in [5, 5.41) is 3.67. The van der Waals surface area contributed by atoms with Gasteiger partial charge in [-0.1, -0.05) is 24.3 Å². The highest BCUT2D eigenvalue weighted by Crippen LogP contribution is 2.38. The van der Waals surface area contributed by atoms with Crippen molar-refractivity contribution in [2.75, 3.05) is 18.2 Å². The summed E-state index contributed by atoms with van der Waals surface area (Å²) in [5.74, 6) is 1.58. The number of nitrogens with one attached hydrogen (secondary N) is 1. The van der Waals surface area contributed by atoms with Crippen LogP contribution in [0.25, 0.3) is 11.3 Å². The first kappa shape index (κ1) is 18.1. The lowest BCUT2D eigenvalue weighted by Gasteiger charge is -2.13. The van der Waals surface area contributed by atoms with Crippen LogP contribution in [0.1, 0.15) is 16.9 Å². The number of methoxy groups -OCH3 is 1. The fourth-order valence-corrected chi connectivity index (χ4v) is 4.96. The summed E-state index contributed by atoms with van der Waals surface area (Å²) in [5.41, 5.74) is 3.57. The van der Waals surface area contributed by atoms with E-state index in [9.17, 15) is 4.79 Å². The lowest BCUT2D eigenvalue weighted by molar-refractivity contribution is -0.115. The number of fused-ring (bicyclic) bond motifs is 3. The molecular weight excluding hydrogens is 376 g/mol. The minimum absolute atomic E-state index is 0.00962. The van der Waals surface area contributed by atoms with E-state index in [1.54, 1.807) is 30.2 Å². The second-order valence-electron chi connectivity index (χ2n) is 6.27. The van der Waals surface area contributed by atoms with Gasteiger partial charge in [-0.3, -0.25) is 4.79 Å². The molecule has 4 rings (SSSR count). The molecule has 138 valence electrons. The van der Waals surface area contributed by atoms with Crippen LogP contribution >= 0.6 is 23.1 Å². The number of carbonyl (C=O) groups excluding carboxylic acids is 1. The number of ether oxygens (including phenoxy) is 1. The van der Waals surface area contributed by atoms with Crippen LogP contribution in [0.2, 0.25) is 0 Å². The second kappa shape index (κ2) is 8.15. The molecule has 1 aromatic heterocycles. The van der Waals surface area contributed by atoms with Crippen LogP contribution in [0.15, 0.2) is 53.4 Å². The minimum Gasteiger partial charge on any atom is -0.497 e. The zero-order chi connectivity index (χ0) is 18.6. The third kappa shape index (κ3) is 4.17. The summed E-state index contributed by atoms with van der Waals surface area (Å²) in [7, 11) is 1.65. The summed E-state index contributed by atoms with van der Waals surface area (Å²) in [4.78, 5) is 19.4. The van der Waals surface area contributed by atoms with Gasteiger partial charge >= 0.3 is 0 Å². The van der Waals surface area contributed by atoms with Crippen molar-refractivity contribution in [2.45, 2.75) is 24.2 Å². The smallest absolute Gasteiger partial charge is 0.226 e. The quantitative estimate of drug-likeness (QED) is 0.593. The third-order valence-electron chi connectivity index (χ3n) is 4.49. The number of nitrogens with zero attached hydrogens (tertiary/aromatic N) is 1. The molecule has 3 aromatic rings. The molecule has 27 heavy (non-hydrogen) atoms. The molecule has 1 aliphatic rings. The van der Waals surface area contributed by atoms with E-state index in [4.69, 9.17) is 4.74 Å². The standard InChI is InChI=1S/C21H20N2O2S2/c1-25-15-7-9-16(10-8-15)26-13-12-19(24)22-21-23-20-17-5-3-2-4-14(17)6-11-18(20)27-21/h2-5,7-10H,6,11-13H2,1H3,(H,22,23,24). The molecule has 0 unspecified atom stereocenters. The lowest BCUT2D eigenvalue weighted by Crippen LogP contribution is -2.11. The highest BCUT2D eigenvalue weighted by Gasteiger charge is 2.21. The second-order valence-corrected chi connectivity index (χ2v) is 8.52. The summed E-state index contributed by atoms with van der Waals surface area (Å²) in [6.45, 7) is 0. The van der Waals surface area contributed by atoms with E-state index in [0.717, 1.165) is 34.9 Å². The Labute approximate surface area is 167 Å². The Kier molecular flexibility index (Phi) is 5.45. The Hall–Kier alpha value is -2.31. The lowest BCUT2D eigenvalue weighted by atomic mass is 9.94. The van der Waals surface area contributed by atoms with Gasteiger partial charge in [0.2, 0.25) is 5.91 Å². The molecule has 4 nitrogen and oxygen atoms in total. The van der Waals surface area contributed by atoms with Crippen molar-refractivity contribution in [3.8, 4) is 17.0 Å². The van der Waals surface area contributed by atoms with Crippen molar-refractivity contribution in [1.29, 1.82) is 0 Å². The SMILES string of the molecule is COc1ccc(SCCC(=O)Nc2nc3c(s2)CCc2ccccc2-3)cc1. The predicted octanol–water partition coefficient (Wildman–Crippen LogP) is 5.04. The number of rotatable bonds is 6. The molecule has 6 heteroatoms.